The topological polar surface area (TPSA) is 82.2 Å². The van der Waals surface area contributed by atoms with E-state index < -0.39 is 0 Å². The minimum atomic E-state index is -0.278. The number of rotatable bonds is 3. The second kappa shape index (κ2) is 4.88. The highest BCUT2D eigenvalue weighted by Crippen LogP contribution is 2.31. The molecule has 0 radical (unpaired) electrons. The average molecular weight is 272 g/mol. The normalized spacial score (nSPS) is 16.6. The maximum Gasteiger partial charge on any atom is 0.274 e. The molecule has 0 fully saturated rings. The number of fused-ring (bicyclic) bond motifs is 1. The summed E-state index contributed by atoms with van der Waals surface area (Å²) in [5.74, 6) is 0.532. The molecule has 0 spiro atoms. The molecule has 0 bridgehead atoms. The van der Waals surface area contributed by atoms with Crippen LogP contribution in [0.2, 0.25) is 0 Å². The fraction of sp³-hybridized carbons (Fsp3) is 0.286. The Labute approximate surface area is 116 Å². The van der Waals surface area contributed by atoms with Crippen molar-refractivity contribution in [1.82, 2.24) is 15.1 Å². The van der Waals surface area contributed by atoms with Crippen molar-refractivity contribution in [2.45, 2.75) is 19.5 Å². The van der Waals surface area contributed by atoms with Crippen LogP contribution in [0.15, 0.2) is 30.5 Å². The van der Waals surface area contributed by atoms with Gasteiger partial charge in [0.2, 0.25) is 0 Å². The summed E-state index contributed by atoms with van der Waals surface area (Å²) < 4.78 is 7.18. The standard InChI is InChI=1S/C14H16N4O2/c1-2-18-7-10(15)13(17-18)14(19)16-11-8-20-12-6-4-3-5-9(11)12/h3-7,11H,2,8,15H2,1H3,(H,16,19). The fourth-order valence-electron chi connectivity index (χ4n) is 2.28. The summed E-state index contributed by atoms with van der Waals surface area (Å²) in [6.45, 7) is 3.04. The molecule has 1 atom stereocenters. The first kappa shape index (κ1) is 12.5. The number of aromatic nitrogens is 2. The average Bonchev–Trinajstić information content (AvgIpc) is 3.03. The van der Waals surface area contributed by atoms with E-state index in [1.807, 2.05) is 31.2 Å². The van der Waals surface area contributed by atoms with Gasteiger partial charge >= 0.3 is 0 Å². The first-order valence-electron chi connectivity index (χ1n) is 6.54. The highest BCUT2D eigenvalue weighted by Gasteiger charge is 2.26. The Morgan fingerprint density at radius 1 is 1.55 bits per heavy atom. The molecule has 1 amide bonds. The van der Waals surface area contributed by atoms with Crippen molar-refractivity contribution in [2.24, 2.45) is 0 Å². The van der Waals surface area contributed by atoms with E-state index in [0.717, 1.165) is 11.3 Å². The van der Waals surface area contributed by atoms with Crippen LogP contribution in [0.5, 0.6) is 5.75 Å². The lowest BCUT2D eigenvalue weighted by Gasteiger charge is -2.10. The molecule has 20 heavy (non-hydrogen) atoms. The molecular weight excluding hydrogens is 256 g/mol. The lowest BCUT2D eigenvalue weighted by atomic mass is 10.1. The van der Waals surface area contributed by atoms with Crippen LogP contribution < -0.4 is 15.8 Å². The predicted molar refractivity (Wildman–Crippen MR) is 74.5 cm³/mol. The third kappa shape index (κ3) is 2.09. The molecule has 1 aliphatic heterocycles. The number of para-hydroxylation sites is 1. The quantitative estimate of drug-likeness (QED) is 0.883. The van der Waals surface area contributed by atoms with Crippen LogP contribution in [0, 0.1) is 0 Å². The molecule has 1 aromatic heterocycles. The molecule has 3 rings (SSSR count). The van der Waals surface area contributed by atoms with Crippen LogP contribution in [-0.4, -0.2) is 22.3 Å². The molecule has 6 nitrogen and oxygen atoms in total. The lowest BCUT2D eigenvalue weighted by molar-refractivity contribution is 0.0925. The highest BCUT2D eigenvalue weighted by atomic mass is 16.5. The highest BCUT2D eigenvalue weighted by molar-refractivity contribution is 5.97. The third-order valence-corrected chi connectivity index (χ3v) is 3.33. The van der Waals surface area contributed by atoms with Crippen LogP contribution in [0.3, 0.4) is 0 Å². The summed E-state index contributed by atoms with van der Waals surface area (Å²) in [6, 6.07) is 7.50. The van der Waals surface area contributed by atoms with Gasteiger partial charge in [0.05, 0.1) is 11.7 Å². The molecule has 2 heterocycles. The van der Waals surface area contributed by atoms with E-state index in [2.05, 4.69) is 10.4 Å². The van der Waals surface area contributed by atoms with Gasteiger partial charge in [-0.05, 0) is 13.0 Å². The second-order valence-electron chi connectivity index (χ2n) is 4.66. The van der Waals surface area contributed by atoms with Gasteiger partial charge in [0.1, 0.15) is 12.4 Å². The van der Waals surface area contributed by atoms with Crippen LogP contribution in [0.4, 0.5) is 5.69 Å². The number of nitrogens with one attached hydrogen (secondary N) is 1. The monoisotopic (exact) mass is 272 g/mol. The van der Waals surface area contributed by atoms with Gasteiger partial charge in [-0.1, -0.05) is 18.2 Å². The fourth-order valence-corrected chi connectivity index (χ4v) is 2.28. The number of hydrogen-bond donors (Lipinski definition) is 2. The molecule has 0 saturated heterocycles. The maximum atomic E-state index is 12.2. The Morgan fingerprint density at radius 2 is 2.35 bits per heavy atom. The number of nitrogens with two attached hydrogens (primary N) is 1. The molecule has 2 aromatic rings. The van der Waals surface area contributed by atoms with Gasteiger partial charge in [-0.2, -0.15) is 5.10 Å². The van der Waals surface area contributed by atoms with Gasteiger partial charge in [0, 0.05) is 18.3 Å². The van der Waals surface area contributed by atoms with Crippen molar-refractivity contribution in [1.29, 1.82) is 0 Å². The smallest absolute Gasteiger partial charge is 0.274 e. The number of amides is 1. The number of aryl methyl sites for hydroxylation is 1. The Morgan fingerprint density at radius 3 is 3.10 bits per heavy atom. The van der Waals surface area contributed by atoms with Crippen molar-refractivity contribution in [3.05, 3.63) is 41.7 Å². The van der Waals surface area contributed by atoms with Crippen LogP contribution in [-0.2, 0) is 6.54 Å². The predicted octanol–water partition coefficient (Wildman–Crippen LogP) is 1.35. The number of carbonyl (C=O) groups is 1. The van der Waals surface area contributed by atoms with E-state index in [0.29, 0.717) is 18.8 Å². The molecule has 6 heteroatoms. The lowest BCUT2D eigenvalue weighted by Crippen LogP contribution is -2.30. The Kier molecular flexibility index (Phi) is 3.06. The summed E-state index contributed by atoms with van der Waals surface area (Å²) in [5.41, 5.74) is 7.44. The van der Waals surface area contributed by atoms with Gasteiger partial charge in [0.15, 0.2) is 5.69 Å². The number of nitrogens with zero attached hydrogens (tertiary/aromatic N) is 2. The Balaban J connectivity index is 1.78. The van der Waals surface area contributed by atoms with Crippen LogP contribution in [0.25, 0.3) is 0 Å². The zero-order valence-electron chi connectivity index (χ0n) is 11.2. The number of carbonyl (C=O) groups excluding carboxylic acids is 1. The second-order valence-corrected chi connectivity index (χ2v) is 4.66. The van der Waals surface area contributed by atoms with E-state index in [1.165, 1.54) is 0 Å². The number of anilines is 1. The van der Waals surface area contributed by atoms with Gasteiger partial charge in [-0.3, -0.25) is 9.48 Å². The van der Waals surface area contributed by atoms with Crippen molar-refractivity contribution in [2.75, 3.05) is 12.3 Å². The van der Waals surface area contributed by atoms with Crippen LogP contribution in [0.1, 0.15) is 29.0 Å². The zero-order chi connectivity index (χ0) is 14.1. The van der Waals surface area contributed by atoms with E-state index >= 15 is 0 Å². The first-order valence-corrected chi connectivity index (χ1v) is 6.54. The molecule has 1 aliphatic rings. The number of nitrogen functional groups attached to an aromatic ring is 1. The summed E-state index contributed by atoms with van der Waals surface area (Å²) in [5, 5.41) is 7.07. The summed E-state index contributed by atoms with van der Waals surface area (Å²) in [4.78, 5) is 12.2. The van der Waals surface area contributed by atoms with E-state index in [1.54, 1.807) is 10.9 Å². The third-order valence-electron chi connectivity index (χ3n) is 3.33. The molecule has 1 aromatic carbocycles. The zero-order valence-corrected chi connectivity index (χ0v) is 11.2. The Hall–Kier alpha value is -2.50. The van der Waals surface area contributed by atoms with Crippen molar-refractivity contribution in [3.8, 4) is 5.75 Å². The number of hydrogen-bond acceptors (Lipinski definition) is 4. The number of benzene rings is 1. The minimum absolute atomic E-state index is 0.162. The molecule has 1 unspecified atom stereocenters. The Bertz CT molecular complexity index is 650. The molecule has 3 N–H and O–H groups in total. The summed E-state index contributed by atoms with van der Waals surface area (Å²) in [7, 11) is 0. The molecular formula is C14H16N4O2. The van der Waals surface area contributed by atoms with Crippen molar-refractivity contribution in [3.63, 3.8) is 0 Å². The summed E-state index contributed by atoms with van der Waals surface area (Å²) in [6.07, 6.45) is 1.66. The number of ether oxygens (including phenoxy) is 1. The van der Waals surface area contributed by atoms with Gasteiger partial charge < -0.3 is 15.8 Å². The van der Waals surface area contributed by atoms with Crippen molar-refractivity contribution < 1.29 is 9.53 Å². The van der Waals surface area contributed by atoms with Gasteiger partial charge in [0.25, 0.3) is 5.91 Å². The summed E-state index contributed by atoms with van der Waals surface area (Å²) >= 11 is 0. The van der Waals surface area contributed by atoms with E-state index in [9.17, 15) is 4.79 Å². The molecule has 104 valence electrons. The van der Waals surface area contributed by atoms with Crippen LogP contribution >= 0.6 is 0 Å². The first-order chi connectivity index (χ1) is 9.69. The van der Waals surface area contributed by atoms with Gasteiger partial charge in [-0.15, -0.1) is 0 Å². The van der Waals surface area contributed by atoms with Crippen molar-refractivity contribution >= 4 is 11.6 Å². The minimum Gasteiger partial charge on any atom is -0.491 e. The molecule has 0 saturated carbocycles. The van der Waals surface area contributed by atoms with E-state index in [-0.39, 0.29) is 17.6 Å². The molecule has 0 aliphatic carbocycles. The largest absolute Gasteiger partial charge is 0.491 e. The van der Waals surface area contributed by atoms with E-state index in [4.69, 9.17) is 10.5 Å². The SMILES string of the molecule is CCn1cc(N)c(C(=O)NC2COc3ccccc32)n1. The van der Waals surface area contributed by atoms with Gasteiger partial charge in [-0.25, -0.2) is 0 Å². The maximum absolute atomic E-state index is 12.2.